The van der Waals surface area contributed by atoms with Crippen LogP contribution in [-0.4, -0.2) is 50.2 Å². The lowest BCUT2D eigenvalue weighted by atomic mass is 10.0. The van der Waals surface area contributed by atoms with Crippen LogP contribution in [0.4, 0.5) is 0 Å². The Bertz CT molecular complexity index is 666. The molecule has 0 aliphatic carbocycles. The van der Waals surface area contributed by atoms with Gasteiger partial charge in [0.1, 0.15) is 0 Å². The van der Waals surface area contributed by atoms with Gasteiger partial charge in [-0.1, -0.05) is 42.5 Å². The summed E-state index contributed by atoms with van der Waals surface area (Å²) in [7, 11) is 1.89. The van der Waals surface area contributed by atoms with E-state index in [1.54, 1.807) is 0 Å². The van der Waals surface area contributed by atoms with Crippen LogP contribution >= 0.6 is 12.4 Å². The number of morpholine rings is 1. The Kier molecular flexibility index (Phi) is 7.03. The summed E-state index contributed by atoms with van der Waals surface area (Å²) in [5, 5.41) is 5.86. The van der Waals surface area contributed by atoms with Crippen LogP contribution in [0.15, 0.2) is 42.5 Å². The monoisotopic (exact) mass is 348 g/mol. The summed E-state index contributed by atoms with van der Waals surface area (Å²) in [6.45, 7) is 2.93. The van der Waals surface area contributed by atoms with Gasteiger partial charge in [-0.25, -0.2) is 0 Å². The van der Waals surface area contributed by atoms with Gasteiger partial charge in [0.2, 0.25) is 5.91 Å². The number of nitrogens with zero attached hydrogens (tertiary/aromatic N) is 1. The molecule has 1 saturated heterocycles. The number of hydrogen-bond acceptors (Lipinski definition) is 3. The van der Waals surface area contributed by atoms with Crippen molar-refractivity contribution in [1.29, 1.82) is 0 Å². The number of halogens is 1. The molecule has 2 aromatic rings. The molecule has 0 aromatic heterocycles. The van der Waals surface area contributed by atoms with Gasteiger partial charge in [-0.2, -0.15) is 0 Å². The lowest BCUT2D eigenvalue weighted by Gasteiger charge is -2.25. The topological polar surface area (TPSA) is 41.6 Å². The molecule has 4 nitrogen and oxygen atoms in total. The van der Waals surface area contributed by atoms with Crippen LogP contribution in [0.3, 0.4) is 0 Å². The Hall–Kier alpha value is -1.62. The Morgan fingerprint density at radius 3 is 2.83 bits per heavy atom. The minimum absolute atomic E-state index is 0. The molecule has 0 saturated carbocycles. The third kappa shape index (κ3) is 4.69. The molecule has 5 heteroatoms. The third-order valence-electron chi connectivity index (χ3n) is 4.44. The largest absolute Gasteiger partial charge is 0.378 e. The van der Waals surface area contributed by atoms with Crippen molar-refractivity contribution in [2.45, 2.75) is 18.9 Å². The average molecular weight is 349 g/mol. The molecule has 1 fully saturated rings. The Morgan fingerprint density at radius 1 is 1.25 bits per heavy atom. The highest BCUT2D eigenvalue weighted by molar-refractivity contribution is 5.86. The van der Waals surface area contributed by atoms with Crippen molar-refractivity contribution in [3.8, 4) is 0 Å². The number of hydrogen-bond donors (Lipinski definition) is 1. The van der Waals surface area contributed by atoms with Crippen molar-refractivity contribution in [3.63, 3.8) is 0 Å². The molecule has 3 rings (SSSR count). The number of carbonyl (C=O) groups is 1. The molecular weight excluding hydrogens is 324 g/mol. The first kappa shape index (κ1) is 18.7. The van der Waals surface area contributed by atoms with Gasteiger partial charge < -0.3 is 15.0 Å². The zero-order valence-electron chi connectivity index (χ0n) is 14.0. The fourth-order valence-corrected chi connectivity index (χ4v) is 3.04. The maximum atomic E-state index is 12.3. The van der Waals surface area contributed by atoms with E-state index in [-0.39, 0.29) is 24.4 Å². The van der Waals surface area contributed by atoms with E-state index in [0.717, 1.165) is 26.1 Å². The highest BCUT2D eigenvalue weighted by atomic mass is 35.5. The smallest absolute Gasteiger partial charge is 0.223 e. The van der Waals surface area contributed by atoms with Crippen LogP contribution in [-0.2, 0) is 16.0 Å². The maximum absolute atomic E-state index is 12.3. The maximum Gasteiger partial charge on any atom is 0.223 e. The number of carbonyl (C=O) groups excluding carboxylic acids is 1. The van der Waals surface area contributed by atoms with E-state index in [1.807, 2.05) is 11.9 Å². The molecule has 1 N–H and O–H groups in total. The first-order valence-corrected chi connectivity index (χ1v) is 8.26. The van der Waals surface area contributed by atoms with Gasteiger partial charge in [0.15, 0.2) is 0 Å². The Balaban J connectivity index is 0.00000208. The second kappa shape index (κ2) is 9.02. The van der Waals surface area contributed by atoms with Crippen molar-refractivity contribution < 1.29 is 9.53 Å². The fourth-order valence-electron chi connectivity index (χ4n) is 3.04. The summed E-state index contributed by atoms with van der Waals surface area (Å²) in [4.78, 5) is 14.2. The molecule has 1 aliphatic heterocycles. The highest BCUT2D eigenvalue weighted by Crippen LogP contribution is 2.19. The van der Waals surface area contributed by atoms with Crippen LogP contribution < -0.4 is 5.32 Å². The number of benzene rings is 2. The van der Waals surface area contributed by atoms with Crippen molar-refractivity contribution in [2.24, 2.45) is 0 Å². The molecule has 0 bridgehead atoms. The minimum atomic E-state index is 0. The highest BCUT2D eigenvalue weighted by Gasteiger charge is 2.19. The average Bonchev–Trinajstić information content (AvgIpc) is 2.60. The quantitative estimate of drug-likeness (QED) is 0.903. The molecule has 1 aliphatic rings. The Morgan fingerprint density at radius 2 is 2.04 bits per heavy atom. The number of ether oxygens (including phenoxy) is 1. The molecule has 1 heterocycles. The van der Waals surface area contributed by atoms with E-state index in [1.165, 1.54) is 16.3 Å². The zero-order chi connectivity index (χ0) is 16.1. The molecule has 2 aromatic carbocycles. The predicted octanol–water partition coefficient (Wildman–Crippen LogP) is 2.64. The van der Waals surface area contributed by atoms with Gasteiger partial charge in [-0.3, -0.25) is 4.79 Å². The van der Waals surface area contributed by atoms with Crippen molar-refractivity contribution in [1.82, 2.24) is 10.2 Å². The summed E-state index contributed by atoms with van der Waals surface area (Å²) in [5.74, 6) is 0.174. The van der Waals surface area contributed by atoms with Crippen molar-refractivity contribution in [2.75, 3.05) is 33.4 Å². The van der Waals surface area contributed by atoms with Crippen LogP contribution in [0.1, 0.15) is 12.0 Å². The SMILES string of the molecule is CN(CCc1cccc2ccccc12)C(=O)CC1COCCN1.Cl. The summed E-state index contributed by atoms with van der Waals surface area (Å²) in [6.07, 6.45) is 1.38. The Labute approximate surface area is 149 Å². The van der Waals surface area contributed by atoms with E-state index in [2.05, 4.69) is 47.8 Å². The van der Waals surface area contributed by atoms with E-state index < -0.39 is 0 Å². The van der Waals surface area contributed by atoms with Gasteiger partial charge >= 0.3 is 0 Å². The molecule has 24 heavy (non-hydrogen) atoms. The standard InChI is InChI=1S/C19H24N2O2.ClH/c1-21(19(22)13-17-14-23-12-10-20-17)11-9-16-7-4-6-15-5-2-3-8-18(15)16;/h2-8,17,20H,9-14H2,1H3;1H. The summed E-state index contributed by atoms with van der Waals surface area (Å²) >= 11 is 0. The number of amides is 1. The first-order chi connectivity index (χ1) is 11.2. The number of nitrogens with one attached hydrogen (secondary N) is 1. The molecule has 0 radical (unpaired) electrons. The summed E-state index contributed by atoms with van der Waals surface area (Å²) in [6, 6.07) is 14.9. The molecule has 130 valence electrons. The normalized spacial score (nSPS) is 17.3. The van der Waals surface area contributed by atoms with Gasteiger partial charge in [0, 0.05) is 32.6 Å². The van der Waals surface area contributed by atoms with Gasteiger partial charge in [-0.05, 0) is 22.8 Å². The van der Waals surface area contributed by atoms with Crippen molar-refractivity contribution >= 4 is 29.1 Å². The van der Waals surface area contributed by atoms with Crippen LogP contribution in [0.2, 0.25) is 0 Å². The molecule has 1 atom stereocenters. The first-order valence-electron chi connectivity index (χ1n) is 8.26. The lowest BCUT2D eigenvalue weighted by molar-refractivity contribution is -0.131. The molecule has 1 unspecified atom stereocenters. The van der Waals surface area contributed by atoms with Crippen LogP contribution in [0, 0.1) is 0 Å². The number of fused-ring (bicyclic) bond motifs is 1. The van der Waals surface area contributed by atoms with E-state index >= 15 is 0 Å². The minimum Gasteiger partial charge on any atom is -0.378 e. The van der Waals surface area contributed by atoms with Crippen LogP contribution in [0.5, 0.6) is 0 Å². The van der Waals surface area contributed by atoms with Gasteiger partial charge in [0.25, 0.3) is 0 Å². The molecule has 0 spiro atoms. The third-order valence-corrected chi connectivity index (χ3v) is 4.44. The predicted molar refractivity (Wildman–Crippen MR) is 99.8 cm³/mol. The van der Waals surface area contributed by atoms with Gasteiger partial charge in [0.05, 0.1) is 13.2 Å². The lowest BCUT2D eigenvalue weighted by Crippen LogP contribution is -2.44. The second-order valence-corrected chi connectivity index (χ2v) is 6.13. The van der Waals surface area contributed by atoms with Crippen LogP contribution in [0.25, 0.3) is 10.8 Å². The van der Waals surface area contributed by atoms with E-state index in [4.69, 9.17) is 4.74 Å². The molecule has 1 amide bonds. The van der Waals surface area contributed by atoms with E-state index in [0.29, 0.717) is 13.0 Å². The summed E-state index contributed by atoms with van der Waals surface area (Å²) < 4.78 is 5.41. The molecular formula is C19H25ClN2O2. The number of likely N-dealkylation sites (N-methyl/N-ethyl adjacent to an activating group) is 1. The fraction of sp³-hybridized carbons (Fsp3) is 0.421. The number of rotatable bonds is 5. The second-order valence-electron chi connectivity index (χ2n) is 6.13. The van der Waals surface area contributed by atoms with E-state index in [9.17, 15) is 4.79 Å². The zero-order valence-corrected chi connectivity index (χ0v) is 14.8. The van der Waals surface area contributed by atoms with Crippen molar-refractivity contribution in [3.05, 3.63) is 48.0 Å². The van der Waals surface area contributed by atoms with Gasteiger partial charge in [-0.15, -0.1) is 12.4 Å². The summed E-state index contributed by atoms with van der Waals surface area (Å²) in [5.41, 5.74) is 1.29.